The van der Waals surface area contributed by atoms with Gasteiger partial charge in [0.1, 0.15) is 11.5 Å². The molecule has 0 bridgehead atoms. The van der Waals surface area contributed by atoms with Gasteiger partial charge in [-0.15, -0.1) is 0 Å². The van der Waals surface area contributed by atoms with Gasteiger partial charge in [0.05, 0.1) is 12.1 Å². The van der Waals surface area contributed by atoms with E-state index in [-0.39, 0.29) is 11.8 Å². The van der Waals surface area contributed by atoms with Gasteiger partial charge in [0.15, 0.2) is 0 Å². The average Bonchev–Trinajstić information content (AvgIpc) is 2.04. The summed E-state index contributed by atoms with van der Waals surface area (Å²) in [6, 6.07) is 2.80. The zero-order chi connectivity index (χ0) is 10.0. The lowest BCUT2D eigenvalue weighted by atomic mass is 10.1. The minimum absolute atomic E-state index is 0.0980. The Bertz CT molecular complexity index is 313. The van der Waals surface area contributed by atoms with Crippen molar-refractivity contribution in [1.82, 2.24) is 0 Å². The molecular weight excluding hydrogens is 190 g/mol. The molecule has 4 heteroatoms. The Kier molecular flexibility index (Phi) is 3.01. The first-order valence-corrected chi connectivity index (χ1v) is 4.26. The monoisotopic (exact) mass is 201 g/mol. The third kappa shape index (κ3) is 1.87. The number of ether oxygens (including phenoxy) is 1. The molecular formula is C9H12ClNO2. The van der Waals surface area contributed by atoms with E-state index in [9.17, 15) is 5.11 Å². The molecule has 0 saturated carbocycles. The van der Waals surface area contributed by atoms with E-state index in [2.05, 4.69) is 0 Å². The second-order valence-corrected chi connectivity index (χ2v) is 3.18. The van der Waals surface area contributed by atoms with Crippen LogP contribution in [0.4, 0.5) is 0 Å². The fourth-order valence-corrected chi connectivity index (χ4v) is 1.56. The van der Waals surface area contributed by atoms with Crippen LogP contribution in [0.1, 0.15) is 18.5 Å². The van der Waals surface area contributed by atoms with Crippen LogP contribution >= 0.6 is 11.6 Å². The van der Waals surface area contributed by atoms with Gasteiger partial charge < -0.3 is 15.6 Å². The first-order chi connectivity index (χ1) is 6.07. The van der Waals surface area contributed by atoms with Gasteiger partial charge in [0.25, 0.3) is 0 Å². The fourth-order valence-electron chi connectivity index (χ4n) is 1.15. The molecule has 1 aromatic carbocycles. The normalized spacial score (nSPS) is 12.6. The summed E-state index contributed by atoms with van der Waals surface area (Å²) in [7, 11) is 1.52. The van der Waals surface area contributed by atoms with E-state index in [1.807, 2.05) is 0 Å². The van der Waals surface area contributed by atoms with Gasteiger partial charge >= 0.3 is 0 Å². The lowest BCUT2D eigenvalue weighted by Gasteiger charge is -2.13. The summed E-state index contributed by atoms with van der Waals surface area (Å²) in [6.07, 6.45) is 0. The highest BCUT2D eigenvalue weighted by molar-refractivity contribution is 6.33. The fraction of sp³-hybridized carbons (Fsp3) is 0.333. The minimum Gasteiger partial charge on any atom is -0.508 e. The smallest absolute Gasteiger partial charge is 0.138 e. The first kappa shape index (κ1) is 10.2. The van der Waals surface area contributed by atoms with E-state index in [4.69, 9.17) is 22.1 Å². The number of hydrogen-bond donors (Lipinski definition) is 2. The molecule has 0 aliphatic heterocycles. The van der Waals surface area contributed by atoms with Crippen molar-refractivity contribution in [2.75, 3.05) is 7.11 Å². The Hall–Kier alpha value is -0.930. The summed E-state index contributed by atoms with van der Waals surface area (Å²) in [6.45, 7) is 1.75. The number of methoxy groups -OCH3 is 1. The molecule has 0 aromatic heterocycles. The molecule has 0 fully saturated rings. The first-order valence-electron chi connectivity index (χ1n) is 3.89. The van der Waals surface area contributed by atoms with Gasteiger partial charge in [-0.2, -0.15) is 0 Å². The molecule has 0 aliphatic carbocycles. The zero-order valence-corrected chi connectivity index (χ0v) is 8.30. The molecule has 0 saturated heterocycles. The Balaban J connectivity index is 3.30. The molecule has 0 amide bonds. The summed E-state index contributed by atoms with van der Waals surface area (Å²) < 4.78 is 4.99. The van der Waals surface area contributed by atoms with E-state index in [0.717, 1.165) is 0 Å². The summed E-state index contributed by atoms with van der Waals surface area (Å²) in [4.78, 5) is 0. The number of hydrogen-bond acceptors (Lipinski definition) is 3. The van der Waals surface area contributed by atoms with Crippen LogP contribution in [0.2, 0.25) is 5.02 Å². The number of nitrogens with two attached hydrogens (primary N) is 1. The molecule has 1 unspecified atom stereocenters. The molecule has 0 aliphatic rings. The Morgan fingerprint density at radius 2 is 2.15 bits per heavy atom. The molecule has 3 N–H and O–H groups in total. The summed E-state index contributed by atoms with van der Waals surface area (Å²) in [5.41, 5.74) is 6.15. The second-order valence-electron chi connectivity index (χ2n) is 2.80. The van der Waals surface area contributed by atoms with Crippen LogP contribution < -0.4 is 10.5 Å². The summed E-state index contributed by atoms with van der Waals surface area (Å²) in [5, 5.41) is 9.83. The topological polar surface area (TPSA) is 55.5 Å². The van der Waals surface area contributed by atoms with Crippen molar-refractivity contribution in [3.8, 4) is 11.5 Å². The van der Waals surface area contributed by atoms with E-state index in [0.29, 0.717) is 16.3 Å². The van der Waals surface area contributed by atoms with Gasteiger partial charge in [0.2, 0.25) is 0 Å². The van der Waals surface area contributed by atoms with Gasteiger partial charge in [0, 0.05) is 11.6 Å². The third-order valence-electron chi connectivity index (χ3n) is 1.80. The van der Waals surface area contributed by atoms with Gasteiger partial charge in [-0.25, -0.2) is 0 Å². The molecule has 0 radical (unpaired) electrons. The summed E-state index contributed by atoms with van der Waals surface area (Å²) >= 11 is 5.94. The Morgan fingerprint density at radius 3 is 2.62 bits per heavy atom. The molecule has 1 aromatic rings. The van der Waals surface area contributed by atoms with Gasteiger partial charge in [-0.3, -0.25) is 0 Å². The number of phenols is 1. The SMILES string of the molecule is COc1ccc(O)c(C(C)N)c1Cl. The van der Waals surface area contributed by atoms with Crippen molar-refractivity contribution >= 4 is 11.6 Å². The highest BCUT2D eigenvalue weighted by Crippen LogP contribution is 2.36. The third-order valence-corrected chi connectivity index (χ3v) is 2.19. The molecule has 72 valence electrons. The van der Waals surface area contributed by atoms with Crippen LogP contribution in [0.25, 0.3) is 0 Å². The van der Waals surface area contributed by atoms with Crippen LogP contribution in [0.5, 0.6) is 11.5 Å². The number of phenolic OH excluding ortho intramolecular Hbond substituents is 1. The van der Waals surface area contributed by atoms with E-state index in [1.54, 1.807) is 13.0 Å². The molecule has 13 heavy (non-hydrogen) atoms. The highest BCUT2D eigenvalue weighted by Gasteiger charge is 2.14. The van der Waals surface area contributed by atoms with Crippen molar-refractivity contribution in [3.05, 3.63) is 22.7 Å². The molecule has 3 nitrogen and oxygen atoms in total. The van der Waals surface area contributed by atoms with Crippen LogP contribution in [0.3, 0.4) is 0 Å². The van der Waals surface area contributed by atoms with Crippen LogP contribution in [0.15, 0.2) is 12.1 Å². The molecule has 0 heterocycles. The summed E-state index contributed by atoms with van der Waals surface area (Å²) in [5.74, 6) is 0.618. The van der Waals surface area contributed by atoms with Crippen LogP contribution in [-0.4, -0.2) is 12.2 Å². The van der Waals surface area contributed by atoms with Crippen molar-refractivity contribution in [2.45, 2.75) is 13.0 Å². The molecule has 1 atom stereocenters. The van der Waals surface area contributed by atoms with E-state index in [1.165, 1.54) is 13.2 Å². The minimum atomic E-state index is -0.317. The maximum absolute atomic E-state index is 9.46. The standard InChI is InChI=1S/C9H12ClNO2/c1-5(11)8-6(12)3-4-7(13-2)9(8)10/h3-5,12H,11H2,1-2H3. The molecule has 1 rings (SSSR count). The zero-order valence-electron chi connectivity index (χ0n) is 7.54. The number of aromatic hydroxyl groups is 1. The van der Waals surface area contributed by atoms with Crippen molar-refractivity contribution < 1.29 is 9.84 Å². The second kappa shape index (κ2) is 3.85. The van der Waals surface area contributed by atoms with Gasteiger partial charge in [-0.1, -0.05) is 11.6 Å². The predicted molar refractivity (Wildman–Crippen MR) is 52.3 cm³/mol. The molecule has 0 spiro atoms. The van der Waals surface area contributed by atoms with Crippen molar-refractivity contribution in [1.29, 1.82) is 0 Å². The average molecular weight is 202 g/mol. The maximum Gasteiger partial charge on any atom is 0.138 e. The lowest BCUT2D eigenvalue weighted by molar-refractivity contribution is 0.410. The number of rotatable bonds is 2. The Labute approximate surface area is 82.1 Å². The van der Waals surface area contributed by atoms with Crippen molar-refractivity contribution in [3.63, 3.8) is 0 Å². The maximum atomic E-state index is 9.46. The highest BCUT2D eigenvalue weighted by atomic mass is 35.5. The number of halogens is 1. The predicted octanol–water partition coefficient (Wildman–Crippen LogP) is 2.07. The van der Waals surface area contributed by atoms with Crippen molar-refractivity contribution in [2.24, 2.45) is 5.73 Å². The Morgan fingerprint density at radius 1 is 1.54 bits per heavy atom. The van der Waals surface area contributed by atoms with Crippen LogP contribution in [0, 0.1) is 0 Å². The number of benzene rings is 1. The van der Waals surface area contributed by atoms with Gasteiger partial charge in [-0.05, 0) is 19.1 Å². The van der Waals surface area contributed by atoms with E-state index >= 15 is 0 Å². The largest absolute Gasteiger partial charge is 0.508 e. The lowest BCUT2D eigenvalue weighted by Crippen LogP contribution is -2.06. The van der Waals surface area contributed by atoms with Crippen LogP contribution in [-0.2, 0) is 0 Å². The quantitative estimate of drug-likeness (QED) is 0.770. The van der Waals surface area contributed by atoms with E-state index < -0.39 is 0 Å².